The Balaban J connectivity index is 1.77. The average Bonchev–Trinajstić information content (AvgIpc) is 2.66. The number of carbonyl (C=O) groups is 3. The predicted molar refractivity (Wildman–Crippen MR) is 96.1 cm³/mol. The highest BCUT2D eigenvalue weighted by Crippen LogP contribution is 2.31. The smallest absolute Gasteiger partial charge is 0.414 e. The molecule has 0 saturated carbocycles. The molecular weight excluding hydrogens is 336 g/mol. The number of amides is 2. The molecule has 138 valence electrons. The predicted octanol–water partition coefficient (Wildman–Crippen LogP) is 2.81. The third-order valence-electron chi connectivity index (χ3n) is 4.95. The number of ether oxygens (including phenoxy) is 1. The van der Waals surface area contributed by atoms with E-state index >= 15 is 0 Å². The Morgan fingerprint density at radius 3 is 2.62 bits per heavy atom. The first-order chi connectivity index (χ1) is 12.5. The molecule has 1 aromatic rings. The normalized spacial score (nSPS) is 21.7. The summed E-state index contributed by atoms with van der Waals surface area (Å²) in [6.45, 7) is 0.597. The van der Waals surface area contributed by atoms with E-state index in [1.165, 1.54) is 7.11 Å². The van der Waals surface area contributed by atoms with Crippen LogP contribution < -0.4 is 10.2 Å². The van der Waals surface area contributed by atoms with Crippen molar-refractivity contribution in [3.8, 4) is 0 Å². The minimum absolute atomic E-state index is 0.290. The Kier molecular flexibility index (Phi) is 5.25. The summed E-state index contributed by atoms with van der Waals surface area (Å²) in [4.78, 5) is 37.4. The molecule has 0 unspecified atom stereocenters. The maximum atomic E-state index is 12.6. The summed E-state index contributed by atoms with van der Waals surface area (Å²) in [5, 5.41) is 12.2. The highest BCUT2D eigenvalue weighted by atomic mass is 16.5. The zero-order valence-electron chi connectivity index (χ0n) is 14.6. The average molecular weight is 358 g/mol. The maximum absolute atomic E-state index is 12.6. The molecule has 1 aliphatic heterocycles. The van der Waals surface area contributed by atoms with E-state index in [1.807, 2.05) is 18.2 Å². The summed E-state index contributed by atoms with van der Waals surface area (Å²) < 4.78 is 4.81. The summed E-state index contributed by atoms with van der Waals surface area (Å²) in [6.07, 6.45) is 5.66. The van der Waals surface area contributed by atoms with Gasteiger partial charge in [-0.2, -0.15) is 0 Å². The third kappa shape index (κ3) is 3.56. The Labute approximate surface area is 151 Å². The van der Waals surface area contributed by atoms with Gasteiger partial charge in [-0.05, 0) is 49.4 Å². The van der Waals surface area contributed by atoms with E-state index in [1.54, 1.807) is 17.0 Å². The molecule has 2 aliphatic rings. The minimum Gasteiger partial charge on any atom is -0.481 e. The molecule has 26 heavy (non-hydrogen) atoms. The Morgan fingerprint density at radius 1 is 1.19 bits per heavy atom. The maximum Gasteiger partial charge on any atom is 0.414 e. The Bertz CT molecular complexity index is 758. The van der Waals surface area contributed by atoms with Gasteiger partial charge in [0.25, 0.3) is 0 Å². The summed E-state index contributed by atoms with van der Waals surface area (Å²) in [5.74, 6) is -2.52. The number of hydrogen-bond acceptors (Lipinski definition) is 4. The summed E-state index contributed by atoms with van der Waals surface area (Å²) in [6, 6.07) is 5.36. The van der Waals surface area contributed by atoms with E-state index in [9.17, 15) is 19.5 Å². The molecular formula is C19H22N2O5. The largest absolute Gasteiger partial charge is 0.481 e. The van der Waals surface area contributed by atoms with Gasteiger partial charge in [0.1, 0.15) is 0 Å². The van der Waals surface area contributed by atoms with Gasteiger partial charge in [-0.3, -0.25) is 14.5 Å². The van der Waals surface area contributed by atoms with Crippen molar-refractivity contribution in [2.24, 2.45) is 11.8 Å². The lowest BCUT2D eigenvalue weighted by molar-refractivity contribution is -0.146. The Hall–Kier alpha value is -2.83. The van der Waals surface area contributed by atoms with Crippen LogP contribution in [0.4, 0.5) is 16.2 Å². The number of allylic oxidation sites excluding steroid dienone is 2. The highest BCUT2D eigenvalue weighted by Gasteiger charge is 2.34. The molecule has 0 saturated heterocycles. The first-order valence-electron chi connectivity index (χ1n) is 8.68. The van der Waals surface area contributed by atoms with E-state index in [-0.39, 0.29) is 5.91 Å². The van der Waals surface area contributed by atoms with Crippen molar-refractivity contribution in [3.05, 3.63) is 35.9 Å². The van der Waals surface area contributed by atoms with Crippen molar-refractivity contribution in [2.75, 3.05) is 23.9 Å². The van der Waals surface area contributed by atoms with Gasteiger partial charge in [-0.25, -0.2) is 4.79 Å². The van der Waals surface area contributed by atoms with Gasteiger partial charge in [0, 0.05) is 12.2 Å². The molecule has 3 rings (SSSR count). The topological polar surface area (TPSA) is 95.9 Å². The van der Waals surface area contributed by atoms with E-state index < -0.39 is 23.9 Å². The van der Waals surface area contributed by atoms with Crippen molar-refractivity contribution < 1.29 is 24.2 Å². The zero-order valence-corrected chi connectivity index (χ0v) is 14.6. The molecule has 1 aromatic carbocycles. The molecule has 2 N–H and O–H groups in total. The van der Waals surface area contributed by atoms with Gasteiger partial charge >= 0.3 is 12.1 Å². The van der Waals surface area contributed by atoms with Crippen molar-refractivity contribution in [1.29, 1.82) is 0 Å². The third-order valence-corrected chi connectivity index (χ3v) is 4.95. The van der Waals surface area contributed by atoms with Crippen LogP contribution in [0.3, 0.4) is 0 Å². The second kappa shape index (κ2) is 7.59. The Morgan fingerprint density at radius 2 is 1.92 bits per heavy atom. The van der Waals surface area contributed by atoms with Crippen LogP contribution in [0.2, 0.25) is 0 Å². The van der Waals surface area contributed by atoms with Crippen LogP contribution >= 0.6 is 0 Å². The SMILES string of the molecule is COC(=O)N1CCCc2cc(NC(=O)[C@H]3CC=CC[C@H]3C(=O)O)ccc21. The first kappa shape index (κ1) is 18.0. The summed E-state index contributed by atoms with van der Waals surface area (Å²) >= 11 is 0. The molecule has 0 fully saturated rings. The van der Waals surface area contributed by atoms with Gasteiger partial charge in [0.05, 0.1) is 24.6 Å². The molecule has 0 radical (unpaired) electrons. The van der Waals surface area contributed by atoms with Gasteiger partial charge in [0.2, 0.25) is 5.91 Å². The van der Waals surface area contributed by atoms with Crippen LogP contribution in [-0.2, 0) is 20.7 Å². The number of aliphatic carboxylic acids is 1. The molecule has 1 aliphatic carbocycles. The number of hydrogen-bond donors (Lipinski definition) is 2. The van der Waals surface area contributed by atoms with Crippen LogP contribution in [0.15, 0.2) is 30.4 Å². The summed E-state index contributed by atoms with van der Waals surface area (Å²) in [5.41, 5.74) is 2.35. The number of aryl methyl sites for hydroxylation is 1. The van der Waals surface area contributed by atoms with Crippen LogP contribution in [0, 0.1) is 11.8 Å². The van der Waals surface area contributed by atoms with Crippen molar-refractivity contribution in [1.82, 2.24) is 0 Å². The second-order valence-corrected chi connectivity index (χ2v) is 6.55. The zero-order chi connectivity index (χ0) is 18.7. The van der Waals surface area contributed by atoms with Crippen molar-refractivity contribution >= 4 is 29.3 Å². The fourth-order valence-corrected chi connectivity index (χ4v) is 3.59. The number of methoxy groups -OCH3 is 1. The summed E-state index contributed by atoms with van der Waals surface area (Å²) in [7, 11) is 1.35. The first-order valence-corrected chi connectivity index (χ1v) is 8.68. The van der Waals surface area contributed by atoms with Gasteiger partial charge in [-0.15, -0.1) is 0 Å². The molecule has 7 nitrogen and oxygen atoms in total. The number of benzene rings is 1. The lowest BCUT2D eigenvalue weighted by Crippen LogP contribution is -2.36. The van der Waals surface area contributed by atoms with Crippen LogP contribution in [-0.4, -0.2) is 36.7 Å². The quantitative estimate of drug-likeness (QED) is 0.810. The molecule has 1 heterocycles. The van der Waals surface area contributed by atoms with E-state index in [0.29, 0.717) is 25.1 Å². The number of carboxylic acids is 1. The number of carbonyl (C=O) groups excluding carboxylic acids is 2. The van der Waals surface area contributed by atoms with Crippen molar-refractivity contribution in [2.45, 2.75) is 25.7 Å². The highest BCUT2D eigenvalue weighted by molar-refractivity contribution is 5.96. The van der Waals surface area contributed by atoms with E-state index in [2.05, 4.69) is 5.32 Å². The molecule has 0 bridgehead atoms. The fraction of sp³-hybridized carbons (Fsp3) is 0.421. The number of carboxylic acid groups (broad SMARTS) is 1. The minimum atomic E-state index is -0.950. The lowest BCUT2D eigenvalue weighted by atomic mass is 9.82. The number of anilines is 2. The molecule has 2 atom stereocenters. The number of rotatable bonds is 3. The van der Waals surface area contributed by atoms with Gasteiger partial charge in [-0.1, -0.05) is 12.2 Å². The second-order valence-electron chi connectivity index (χ2n) is 6.55. The van der Waals surface area contributed by atoms with Crippen molar-refractivity contribution in [3.63, 3.8) is 0 Å². The van der Waals surface area contributed by atoms with Crippen LogP contribution in [0.25, 0.3) is 0 Å². The fourth-order valence-electron chi connectivity index (χ4n) is 3.59. The molecule has 0 spiro atoms. The molecule has 2 amide bonds. The number of nitrogens with zero attached hydrogens (tertiary/aromatic N) is 1. The molecule has 7 heteroatoms. The van der Waals surface area contributed by atoms with E-state index in [0.717, 1.165) is 24.1 Å². The number of fused-ring (bicyclic) bond motifs is 1. The molecule has 0 aromatic heterocycles. The monoisotopic (exact) mass is 358 g/mol. The standard InChI is InChI=1S/C19H22N2O5/c1-26-19(25)21-10-4-5-12-11-13(8-9-16(12)21)20-17(22)14-6-2-3-7-15(14)18(23)24/h2-3,8-9,11,14-15H,4-7,10H2,1H3,(H,20,22)(H,23,24)/t14-,15+/m0/s1. The lowest BCUT2D eigenvalue weighted by Gasteiger charge is -2.29. The van der Waals surface area contributed by atoms with Gasteiger partial charge < -0.3 is 15.2 Å². The van der Waals surface area contributed by atoms with Gasteiger partial charge in [0.15, 0.2) is 0 Å². The van der Waals surface area contributed by atoms with E-state index in [4.69, 9.17) is 4.74 Å². The number of nitrogens with one attached hydrogen (secondary N) is 1. The van der Waals surface area contributed by atoms with Crippen LogP contribution in [0.5, 0.6) is 0 Å². The van der Waals surface area contributed by atoms with Crippen LogP contribution in [0.1, 0.15) is 24.8 Å².